The van der Waals surface area contributed by atoms with Crippen LogP contribution < -0.4 is 10.6 Å². The first-order valence-electron chi connectivity index (χ1n) is 16.9. The van der Waals surface area contributed by atoms with Crippen LogP contribution >= 0.6 is 11.3 Å². The van der Waals surface area contributed by atoms with Crippen LogP contribution in [0.4, 0.5) is 0 Å². The summed E-state index contributed by atoms with van der Waals surface area (Å²) in [5, 5.41) is 14.6. The van der Waals surface area contributed by atoms with Gasteiger partial charge in [-0.3, -0.25) is 14.4 Å². The molecular formula is C39H46N4O4S. The van der Waals surface area contributed by atoms with Crippen LogP contribution in [-0.4, -0.2) is 44.9 Å². The molecule has 2 atom stereocenters. The molecule has 0 unspecified atom stereocenters. The van der Waals surface area contributed by atoms with Crippen LogP contribution in [0, 0.1) is 5.92 Å². The Balaban J connectivity index is 1.25. The average Bonchev–Trinajstić information content (AvgIpc) is 3.60. The number of amides is 2. The number of nitrogens with one attached hydrogen (secondary N) is 2. The second-order valence-corrected chi connectivity index (χ2v) is 15.0. The molecule has 1 aliphatic rings. The molecule has 1 aliphatic carbocycles. The molecule has 0 bridgehead atoms. The van der Waals surface area contributed by atoms with Crippen molar-refractivity contribution in [3.8, 4) is 22.5 Å². The summed E-state index contributed by atoms with van der Waals surface area (Å²) in [6, 6.07) is 17.9. The van der Waals surface area contributed by atoms with Crippen LogP contribution in [0.5, 0.6) is 0 Å². The van der Waals surface area contributed by atoms with E-state index in [-0.39, 0.29) is 17.7 Å². The Morgan fingerprint density at radius 3 is 2.04 bits per heavy atom. The second-order valence-electron chi connectivity index (χ2n) is 14.0. The number of carboxylic acid groups (broad SMARTS) is 1. The molecule has 4 aromatic rings. The van der Waals surface area contributed by atoms with Crippen LogP contribution in [0.2, 0.25) is 0 Å². The quantitative estimate of drug-likeness (QED) is 0.150. The molecule has 1 fully saturated rings. The molecule has 0 aliphatic heterocycles. The summed E-state index contributed by atoms with van der Waals surface area (Å²) in [6.07, 6.45) is 10.3. The van der Waals surface area contributed by atoms with Gasteiger partial charge < -0.3 is 15.7 Å². The molecule has 2 aromatic carbocycles. The molecule has 252 valence electrons. The first-order chi connectivity index (χ1) is 22.9. The number of carboxylic acids is 1. The zero-order chi connectivity index (χ0) is 34.4. The van der Waals surface area contributed by atoms with E-state index in [0.29, 0.717) is 16.6 Å². The van der Waals surface area contributed by atoms with Crippen LogP contribution in [0.25, 0.3) is 22.5 Å². The number of carbonyl (C=O) groups is 3. The van der Waals surface area contributed by atoms with Crippen LogP contribution in [-0.2, 0) is 21.4 Å². The summed E-state index contributed by atoms with van der Waals surface area (Å²) in [4.78, 5) is 48.5. The molecular weight excluding hydrogens is 621 g/mol. The van der Waals surface area contributed by atoms with Gasteiger partial charge in [0.05, 0.1) is 4.88 Å². The van der Waals surface area contributed by atoms with Crippen molar-refractivity contribution >= 4 is 29.1 Å². The average molecular weight is 667 g/mol. The maximum atomic E-state index is 13.2. The standard InChI is InChI=1S/C39H46N4O4S/c1-6-25-7-11-27(12-8-25)28-15-17-29(18-16-28)31-22-40-35(41-23-31)30-13-9-26(10-14-30)21-32(36(44)42-24(2)38(46)47)43-37(45)33-19-20-34(48-33)39(3,4)5/h9-10,13-20,22-25,27,32H,6-8,11-12,21H2,1-5H3,(H,42,44)(H,43,45)(H,46,47)/t24-,25?,27?,32+/m1/s1. The molecule has 8 nitrogen and oxygen atoms in total. The molecule has 48 heavy (non-hydrogen) atoms. The third kappa shape index (κ3) is 8.75. The lowest BCUT2D eigenvalue weighted by atomic mass is 9.78. The van der Waals surface area contributed by atoms with Crippen molar-refractivity contribution in [2.75, 3.05) is 0 Å². The van der Waals surface area contributed by atoms with Gasteiger partial charge in [0, 0.05) is 34.8 Å². The number of aromatic nitrogens is 2. The number of carbonyl (C=O) groups excluding carboxylic acids is 2. The van der Waals surface area contributed by atoms with Gasteiger partial charge in [-0.2, -0.15) is 0 Å². The highest BCUT2D eigenvalue weighted by Gasteiger charge is 2.27. The van der Waals surface area contributed by atoms with Gasteiger partial charge in [0.1, 0.15) is 12.1 Å². The molecule has 2 heterocycles. The maximum Gasteiger partial charge on any atom is 0.325 e. The fourth-order valence-corrected chi connectivity index (χ4v) is 7.15. The second kappa shape index (κ2) is 15.2. The molecule has 2 aromatic heterocycles. The third-order valence-electron chi connectivity index (χ3n) is 9.36. The van der Waals surface area contributed by atoms with Crippen LogP contribution in [0.1, 0.15) is 98.3 Å². The summed E-state index contributed by atoms with van der Waals surface area (Å²) in [5.74, 6) is 0.0265. The molecule has 2 amide bonds. The van der Waals surface area contributed by atoms with E-state index >= 15 is 0 Å². The number of thiophene rings is 1. The van der Waals surface area contributed by atoms with Gasteiger partial charge in [0.2, 0.25) is 5.91 Å². The summed E-state index contributed by atoms with van der Waals surface area (Å²) < 4.78 is 0. The lowest BCUT2D eigenvalue weighted by Gasteiger charge is -2.28. The molecule has 1 saturated carbocycles. The minimum Gasteiger partial charge on any atom is -0.480 e. The lowest BCUT2D eigenvalue weighted by molar-refractivity contribution is -0.141. The van der Waals surface area contributed by atoms with E-state index in [9.17, 15) is 19.5 Å². The van der Waals surface area contributed by atoms with Crippen molar-refractivity contribution in [2.45, 2.75) is 96.6 Å². The summed E-state index contributed by atoms with van der Waals surface area (Å²) in [6.45, 7) is 9.91. The van der Waals surface area contributed by atoms with E-state index < -0.39 is 24.0 Å². The highest BCUT2D eigenvalue weighted by Crippen LogP contribution is 2.37. The first kappa shape index (κ1) is 35.0. The molecule has 3 N–H and O–H groups in total. The predicted octanol–water partition coefficient (Wildman–Crippen LogP) is 7.78. The van der Waals surface area contributed by atoms with Crippen molar-refractivity contribution in [1.29, 1.82) is 0 Å². The molecule has 0 spiro atoms. The highest BCUT2D eigenvalue weighted by molar-refractivity contribution is 7.14. The van der Waals surface area contributed by atoms with E-state index in [1.54, 1.807) is 6.07 Å². The first-order valence-corrected chi connectivity index (χ1v) is 17.7. The SMILES string of the molecule is CCC1CCC(c2ccc(-c3cnc(-c4ccc(C[C@H](NC(=O)c5ccc(C(C)(C)C)s5)C(=O)N[C@H](C)C(=O)O)cc4)nc3)cc2)CC1. The fraction of sp³-hybridized carbons (Fsp3) is 0.410. The zero-order valence-electron chi connectivity index (χ0n) is 28.5. The lowest BCUT2D eigenvalue weighted by Crippen LogP contribution is -2.51. The summed E-state index contributed by atoms with van der Waals surface area (Å²) >= 11 is 1.38. The number of rotatable bonds is 11. The maximum absolute atomic E-state index is 13.2. The molecule has 9 heteroatoms. The van der Waals surface area contributed by atoms with Crippen LogP contribution in [0.3, 0.4) is 0 Å². The largest absolute Gasteiger partial charge is 0.480 e. The number of hydrogen-bond donors (Lipinski definition) is 3. The van der Waals surface area contributed by atoms with Gasteiger partial charge in [-0.15, -0.1) is 11.3 Å². The van der Waals surface area contributed by atoms with E-state index in [2.05, 4.69) is 72.6 Å². The Bertz CT molecular complexity index is 1700. The topological polar surface area (TPSA) is 121 Å². The highest BCUT2D eigenvalue weighted by atomic mass is 32.1. The van der Waals surface area contributed by atoms with E-state index in [1.807, 2.05) is 42.7 Å². The Hall–Kier alpha value is -4.37. The Kier molecular flexibility index (Phi) is 11.1. The van der Waals surface area contributed by atoms with Crippen molar-refractivity contribution in [2.24, 2.45) is 5.92 Å². The fourth-order valence-electron chi connectivity index (χ4n) is 6.18. The molecule has 0 saturated heterocycles. The normalized spacial score (nSPS) is 17.7. The van der Waals surface area contributed by atoms with Gasteiger partial charge in [-0.05, 0) is 78.7 Å². The van der Waals surface area contributed by atoms with E-state index in [0.717, 1.165) is 33.0 Å². The van der Waals surface area contributed by atoms with Crippen molar-refractivity contribution in [1.82, 2.24) is 20.6 Å². The van der Waals surface area contributed by atoms with Crippen molar-refractivity contribution in [3.05, 3.63) is 93.9 Å². The van der Waals surface area contributed by atoms with E-state index in [4.69, 9.17) is 0 Å². The third-order valence-corrected chi connectivity index (χ3v) is 10.9. The number of hydrogen-bond acceptors (Lipinski definition) is 6. The van der Waals surface area contributed by atoms with Crippen molar-refractivity contribution in [3.63, 3.8) is 0 Å². The minimum absolute atomic E-state index is 0.110. The predicted molar refractivity (Wildman–Crippen MR) is 191 cm³/mol. The van der Waals surface area contributed by atoms with E-state index in [1.165, 1.54) is 55.9 Å². The Morgan fingerprint density at radius 1 is 0.854 bits per heavy atom. The number of aliphatic carboxylic acids is 1. The van der Waals surface area contributed by atoms with Gasteiger partial charge in [0.15, 0.2) is 5.82 Å². The van der Waals surface area contributed by atoms with Crippen molar-refractivity contribution < 1.29 is 19.5 Å². The van der Waals surface area contributed by atoms with Gasteiger partial charge in [-0.1, -0.05) is 82.6 Å². The summed E-state index contributed by atoms with van der Waals surface area (Å²) in [7, 11) is 0. The van der Waals surface area contributed by atoms with Gasteiger partial charge >= 0.3 is 5.97 Å². The smallest absolute Gasteiger partial charge is 0.325 e. The minimum atomic E-state index is -1.15. The number of nitrogens with zero attached hydrogens (tertiary/aromatic N) is 2. The molecule has 5 rings (SSSR count). The Labute approximate surface area is 287 Å². The molecule has 0 radical (unpaired) electrons. The number of benzene rings is 2. The van der Waals surface area contributed by atoms with Gasteiger partial charge in [-0.25, -0.2) is 9.97 Å². The van der Waals surface area contributed by atoms with Crippen LogP contribution in [0.15, 0.2) is 73.1 Å². The Morgan fingerprint density at radius 2 is 1.48 bits per heavy atom. The monoisotopic (exact) mass is 666 g/mol. The summed E-state index contributed by atoms with van der Waals surface area (Å²) in [5.41, 5.74) is 4.97. The zero-order valence-corrected chi connectivity index (χ0v) is 29.3. The van der Waals surface area contributed by atoms with Gasteiger partial charge in [0.25, 0.3) is 5.91 Å².